The molecule has 1 unspecified atom stereocenters. The van der Waals surface area contributed by atoms with Crippen LogP contribution in [0.3, 0.4) is 0 Å². The third-order valence-corrected chi connectivity index (χ3v) is 4.10. The molecule has 1 aromatic heterocycles. The predicted octanol–water partition coefficient (Wildman–Crippen LogP) is 3.90. The van der Waals surface area contributed by atoms with Gasteiger partial charge < -0.3 is 20.4 Å². The van der Waals surface area contributed by atoms with Gasteiger partial charge in [0.1, 0.15) is 0 Å². The Morgan fingerprint density at radius 3 is 2.64 bits per heavy atom. The van der Waals surface area contributed by atoms with Crippen molar-refractivity contribution in [2.45, 2.75) is 39.8 Å². The predicted molar refractivity (Wildman–Crippen MR) is 117 cm³/mol. The highest BCUT2D eigenvalue weighted by atomic mass is 127. The third kappa shape index (κ3) is 6.86. The van der Waals surface area contributed by atoms with Crippen molar-refractivity contribution in [3.63, 3.8) is 0 Å². The second-order valence-corrected chi connectivity index (χ2v) is 6.26. The SMILES string of the molecule is CCOC(CCNC(=NC)NCc1cc2ccccc2[nH]1)C(C)C.I. The van der Waals surface area contributed by atoms with Gasteiger partial charge in [0, 0.05) is 31.4 Å². The van der Waals surface area contributed by atoms with Crippen molar-refractivity contribution in [1.29, 1.82) is 0 Å². The minimum absolute atomic E-state index is 0. The Bertz CT molecular complexity index is 621. The van der Waals surface area contributed by atoms with Crippen LogP contribution in [0.5, 0.6) is 0 Å². The van der Waals surface area contributed by atoms with Crippen LogP contribution in [0, 0.1) is 5.92 Å². The molecule has 1 aromatic carbocycles. The van der Waals surface area contributed by atoms with Crippen LogP contribution in [0.4, 0.5) is 0 Å². The number of aromatic amines is 1. The van der Waals surface area contributed by atoms with E-state index in [1.807, 2.05) is 13.0 Å². The third-order valence-electron chi connectivity index (χ3n) is 4.10. The summed E-state index contributed by atoms with van der Waals surface area (Å²) in [6, 6.07) is 10.5. The molecule has 1 heterocycles. The van der Waals surface area contributed by atoms with Gasteiger partial charge in [-0.2, -0.15) is 0 Å². The Morgan fingerprint density at radius 2 is 2.00 bits per heavy atom. The van der Waals surface area contributed by atoms with Crippen LogP contribution in [0.15, 0.2) is 35.3 Å². The highest BCUT2D eigenvalue weighted by Crippen LogP contribution is 2.14. The lowest BCUT2D eigenvalue weighted by molar-refractivity contribution is 0.0258. The van der Waals surface area contributed by atoms with E-state index < -0.39 is 0 Å². The molecule has 0 saturated heterocycles. The molecule has 140 valence electrons. The zero-order valence-electron chi connectivity index (χ0n) is 15.6. The van der Waals surface area contributed by atoms with Gasteiger partial charge in [-0.3, -0.25) is 4.99 Å². The van der Waals surface area contributed by atoms with E-state index in [4.69, 9.17) is 4.74 Å². The lowest BCUT2D eigenvalue weighted by Gasteiger charge is -2.21. The van der Waals surface area contributed by atoms with Crippen LogP contribution in [-0.2, 0) is 11.3 Å². The summed E-state index contributed by atoms with van der Waals surface area (Å²) in [5.41, 5.74) is 2.31. The number of fused-ring (bicyclic) bond motifs is 1. The zero-order valence-corrected chi connectivity index (χ0v) is 18.0. The van der Waals surface area contributed by atoms with Gasteiger partial charge in [-0.05, 0) is 36.8 Å². The van der Waals surface area contributed by atoms with Gasteiger partial charge in [-0.25, -0.2) is 0 Å². The van der Waals surface area contributed by atoms with Gasteiger partial charge in [0.25, 0.3) is 0 Å². The van der Waals surface area contributed by atoms with Gasteiger partial charge in [0.2, 0.25) is 0 Å². The molecular weight excluding hydrogens is 427 g/mol. The monoisotopic (exact) mass is 458 g/mol. The molecule has 0 bridgehead atoms. The minimum Gasteiger partial charge on any atom is -0.378 e. The molecule has 0 amide bonds. The molecule has 6 heteroatoms. The lowest BCUT2D eigenvalue weighted by atomic mass is 10.0. The fourth-order valence-corrected chi connectivity index (χ4v) is 2.78. The Balaban J connectivity index is 0.00000312. The summed E-state index contributed by atoms with van der Waals surface area (Å²) in [4.78, 5) is 7.70. The number of halogens is 1. The molecule has 0 aliphatic carbocycles. The van der Waals surface area contributed by atoms with E-state index in [0.717, 1.165) is 36.7 Å². The van der Waals surface area contributed by atoms with Crippen LogP contribution < -0.4 is 10.6 Å². The van der Waals surface area contributed by atoms with Gasteiger partial charge >= 0.3 is 0 Å². The summed E-state index contributed by atoms with van der Waals surface area (Å²) in [6.45, 7) is 8.76. The Hall–Kier alpha value is -1.28. The fraction of sp³-hybridized carbons (Fsp3) is 0.526. The van der Waals surface area contributed by atoms with Gasteiger partial charge in [0.05, 0.1) is 12.6 Å². The summed E-state index contributed by atoms with van der Waals surface area (Å²) >= 11 is 0. The van der Waals surface area contributed by atoms with Crippen LogP contribution in [-0.4, -0.2) is 37.2 Å². The second kappa shape index (κ2) is 11.4. The van der Waals surface area contributed by atoms with E-state index in [2.05, 4.69) is 58.7 Å². The maximum Gasteiger partial charge on any atom is 0.191 e. The highest BCUT2D eigenvalue weighted by molar-refractivity contribution is 14.0. The van der Waals surface area contributed by atoms with Crippen molar-refractivity contribution < 1.29 is 4.74 Å². The number of hydrogen-bond donors (Lipinski definition) is 3. The van der Waals surface area contributed by atoms with Gasteiger partial charge in [-0.1, -0.05) is 32.0 Å². The molecule has 0 radical (unpaired) electrons. The Kier molecular flexibility index (Phi) is 9.89. The molecule has 2 aromatic rings. The molecule has 0 saturated carbocycles. The van der Waals surface area contributed by atoms with Crippen molar-refractivity contribution >= 4 is 40.8 Å². The van der Waals surface area contributed by atoms with Crippen molar-refractivity contribution in [3.05, 3.63) is 36.0 Å². The Labute approximate surface area is 168 Å². The molecule has 0 fully saturated rings. The van der Waals surface area contributed by atoms with E-state index in [-0.39, 0.29) is 30.1 Å². The molecule has 25 heavy (non-hydrogen) atoms. The molecular formula is C19H31IN4O. The van der Waals surface area contributed by atoms with Crippen molar-refractivity contribution in [1.82, 2.24) is 15.6 Å². The van der Waals surface area contributed by atoms with E-state index >= 15 is 0 Å². The molecule has 5 nitrogen and oxygen atoms in total. The minimum atomic E-state index is 0. The summed E-state index contributed by atoms with van der Waals surface area (Å²) < 4.78 is 5.78. The first-order valence-corrected chi connectivity index (χ1v) is 8.76. The second-order valence-electron chi connectivity index (χ2n) is 6.26. The molecule has 0 aliphatic rings. The van der Waals surface area contributed by atoms with Gasteiger partial charge in [0.15, 0.2) is 5.96 Å². The number of guanidine groups is 1. The van der Waals surface area contributed by atoms with E-state index in [0.29, 0.717) is 12.5 Å². The van der Waals surface area contributed by atoms with E-state index in [1.165, 1.54) is 5.39 Å². The number of para-hydroxylation sites is 1. The first-order chi connectivity index (χ1) is 11.6. The molecule has 2 rings (SSSR count). The van der Waals surface area contributed by atoms with E-state index in [1.54, 1.807) is 7.05 Å². The van der Waals surface area contributed by atoms with E-state index in [9.17, 15) is 0 Å². The van der Waals surface area contributed by atoms with Crippen LogP contribution in [0.2, 0.25) is 0 Å². The smallest absolute Gasteiger partial charge is 0.191 e. The number of nitrogens with one attached hydrogen (secondary N) is 3. The highest BCUT2D eigenvalue weighted by Gasteiger charge is 2.13. The summed E-state index contributed by atoms with van der Waals surface area (Å²) in [6.07, 6.45) is 1.26. The fourth-order valence-electron chi connectivity index (χ4n) is 2.78. The molecule has 1 atom stereocenters. The van der Waals surface area contributed by atoms with Crippen LogP contribution >= 0.6 is 24.0 Å². The number of nitrogens with zero attached hydrogens (tertiary/aromatic N) is 1. The topological polar surface area (TPSA) is 61.4 Å². The summed E-state index contributed by atoms with van der Waals surface area (Å²) in [7, 11) is 1.79. The molecule has 0 aliphatic heterocycles. The van der Waals surface area contributed by atoms with Crippen molar-refractivity contribution in [3.8, 4) is 0 Å². The quantitative estimate of drug-likeness (QED) is 0.320. The van der Waals surface area contributed by atoms with Crippen LogP contribution in [0.25, 0.3) is 10.9 Å². The number of rotatable bonds is 8. The van der Waals surface area contributed by atoms with Crippen LogP contribution in [0.1, 0.15) is 32.9 Å². The largest absolute Gasteiger partial charge is 0.378 e. The lowest BCUT2D eigenvalue weighted by Crippen LogP contribution is -2.39. The number of aliphatic imine (C=N–C) groups is 1. The number of ether oxygens (including phenoxy) is 1. The number of H-pyrrole nitrogens is 1. The zero-order chi connectivity index (χ0) is 17.4. The standard InChI is InChI=1S/C19H30N4O.HI/c1-5-24-18(14(2)3)10-11-21-19(20-4)22-13-16-12-15-8-6-7-9-17(15)23-16;/h6-9,12,14,18,23H,5,10-11,13H2,1-4H3,(H2,20,21,22);1H. The normalized spacial score (nSPS) is 12.9. The summed E-state index contributed by atoms with van der Waals surface area (Å²) in [5.74, 6) is 1.33. The van der Waals surface area contributed by atoms with Gasteiger partial charge in [-0.15, -0.1) is 24.0 Å². The average molecular weight is 458 g/mol. The molecule has 0 spiro atoms. The number of aromatic nitrogens is 1. The first-order valence-electron chi connectivity index (χ1n) is 8.76. The maximum atomic E-state index is 5.78. The van der Waals surface area contributed by atoms with Crippen molar-refractivity contribution in [2.75, 3.05) is 20.2 Å². The number of hydrogen-bond acceptors (Lipinski definition) is 2. The molecule has 3 N–H and O–H groups in total. The summed E-state index contributed by atoms with van der Waals surface area (Å²) in [5, 5.41) is 7.94. The average Bonchev–Trinajstić information content (AvgIpc) is 2.99. The maximum absolute atomic E-state index is 5.78. The Morgan fingerprint density at radius 1 is 1.24 bits per heavy atom. The van der Waals surface area contributed by atoms with Crippen molar-refractivity contribution in [2.24, 2.45) is 10.9 Å². The number of benzene rings is 1. The first kappa shape index (κ1) is 21.8.